The van der Waals surface area contributed by atoms with Crippen LogP contribution in [-0.4, -0.2) is 24.2 Å². The molecule has 1 atom stereocenters. The summed E-state index contributed by atoms with van der Waals surface area (Å²) in [6.07, 6.45) is 5.60. The highest BCUT2D eigenvalue weighted by molar-refractivity contribution is 6.05. The SMILES string of the molecule is CC1(C)CC(=O)C(C2CCCCCN2)C(=O)C1. The minimum Gasteiger partial charge on any atom is -0.313 e. The maximum absolute atomic E-state index is 12.2. The summed E-state index contributed by atoms with van der Waals surface area (Å²) in [4.78, 5) is 24.3. The summed E-state index contributed by atoms with van der Waals surface area (Å²) < 4.78 is 0. The van der Waals surface area contributed by atoms with Gasteiger partial charge in [0.1, 0.15) is 11.6 Å². The third-order valence-corrected chi connectivity index (χ3v) is 4.00. The molecule has 1 aliphatic carbocycles. The van der Waals surface area contributed by atoms with Gasteiger partial charge in [0, 0.05) is 18.9 Å². The van der Waals surface area contributed by atoms with E-state index in [1.807, 2.05) is 13.8 Å². The smallest absolute Gasteiger partial charge is 0.145 e. The van der Waals surface area contributed by atoms with Crippen LogP contribution in [0.15, 0.2) is 0 Å². The van der Waals surface area contributed by atoms with Gasteiger partial charge in [-0.2, -0.15) is 0 Å². The van der Waals surface area contributed by atoms with Gasteiger partial charge in [-0.25, -0.2) is 0 Å². The normalized spacial score (nSPS) is 31.3. The first-order valence-corrected chi connectivity index (χ1v) is 6.78. The Morgan fingerprint density at radius 1 is 1.06 bits per heavy atom. The zero-order valence-corrected chi connectivity index (χ0v) is 10.9. The maximum atomic E-state index is 12.2. The Morgan fingerprint density at radius 2 is 1.71 bits per heavy atom. The van der Waals surface area contributed by atoms with Gasteiger partial charge in [-0.3, -0.25) is 9.59 Å². The highest BCUT2D eigenvalue weighted by atomic mass is 16.2. The standard InChI is InChI=1S/C14H23NO2/c1-14(2)8-11(16)13(12(17)9-14)10-6-4-3-5-7-15-10/h10,13,15H,3-9H2,1-2H3. The van der Waals surface area contributed by atoms with Crippen molar-refractivity contribution >= 4 is 11.6 Å². The molecule has 0 amide bonds. The van der Waals surface area contributed by atoms with Gasteiger partial charge in [0.25, 0.3) is 0 Å². The molecule has 0 radical (unpaired) electrons. The summed E-state index contributed by atoms with van der Waals surface area (Å²) >= 11 is 0. The predicted octanol–water partition coefficient (Wildman–Crippen LogP) is 2.09. The molecule has 1 aliphatic heterocycles. The van der Waals surface area contributed by atoms with Crippen LogP contribution in [-0.2, 0) is 9.59 Å². The van der Waals surface area contributed by atoms with Gasteiger partial charge in [-0.05, 0) is 24.8 Å². The predicted molar refractivity (Wildman–Crippen MR) is 66.8 cm³/mol. The number of carbonyl (C=O) groups is 2. The van der Waals surface area contributed by atoms with E-state index in [2.05, 4.69) is 5.32 Å². The van der Waals surface area contributed by atoms with E-state index in [1.54, 1.807) is 0 Å². The average Bonchev–Trinajstić information content (AvgIpc) is 2.43. The second kappa shape index (κ2) is 4.89. The van der Waals surface area contributed by atoms with Crippen molar-refractivity contribution in [3.05, 3.63) is 0 Å². The molecule has 1 saturated carbocycles. The van der Waals surface area contributed by atoms with E-state index < -0.39 is 0 Å². The van der Waals surface area contributed by atoms with E-state index in [0.717, 1.165) is 25.8 Å². The van der Waals surface area contributed by atoms with Crippen LogP contribution < -0.4 is 5.32 Å². The van der Waals surface area contributed by atoms with Crippen molar-refractivity contribution in [3.63, 3.8) is 0 Å². The molecule has 3 nitrogen and oxygen atoms in total. The van der Waals surface area contributed by atoms with Crippen molar-refractivity contribution in [3.8, 4) is 0 Å². The van der Waals surface area contributed by atoms with Crippen LogP contribution in [0.1, 0.15) is 52.4 Å². The molecule has 0 bridgehead atoms. The highest BCUT2D eigenvalue weighted by Gasteiger charge is 2.43. The quantitative estimate of drug-likeness (QED) is 0.710. The molecule has 1 heterocycles. The highest BCUT2D eigenvalue weighted by Crippen LogP contribution is 2.36. The molecular formula is C14H23NO2. The van der Waals surface area contributed by atoms with Gasteiger partial charge in [-0.1, -0.05) is 26.7 Å². The summed E-state index contributed by atoms with van der Waals surface area (Å²) in [5, 5.41) is 3.40. The van der Waals surface area contributed by atoms with E-state index in [4.69, 9.17) is 0 Å². The molecular weight excluding hydrogens is 214 g/mol. The van der Waals surface area contributed by atoms with E-state index in [9.17, 15) is 9.59 Å². The Labute approximate surface area is 103 Å². The number of nitrogens with one attached hydrogen (secondary N) is 1. The van der Waals surface area contributed by atoms with Crippen molar-refractivity contribution in [2.75, 3.05) is 6.54 Å². The van der Waals surface area contributed by atoms with E-state index in [1.165, 1.54) is 6.42 Å². The number of Topliss-reactive ketones (excluding diaryl/α,β-unsaturated/α-hetero) is 2. The van der Waals surface area contributed by atoms with Crippen LogP contribution in [0, 0.1) is 11.3 Å². The van der Waals surface area contributed by atoms with Gasteiger partial charge in [0.2, 0.25) is 0 Å². The van der Waals surface area contributed by atoms with E-state index >= 15 is 0 Å². The molecule has 2 aliphatic rings. The van der Waals surface area contributed by atoms with Crippen LogP contribution >= 0.6 is 0 Å². The lowest BCUT2D eigenvalue weighted by molar-refractivity contribution is -0.140. The first-order chi connectivity index (χ1) is 7.99. The molecule has 1 saturated heterocycles. The van der Waals surface area contributed by atoms with Crippen LogP contribution in [0.2, 0.25) is 0 Å². The van der Waals surface area contributed by atoms with Gasteiger partial charge < -0.3 is 5.32 Å². The van der Waals surface area contributed by atoms with E-state index in [-0.39, 0.29) is 28.9 Å². The molecule has 96 valence electrons. The van der Waals surface area contributed by atoms with Crippen LogP contribution in [0.25, 0.3) is 0 Å². The number of ketones is 2. The molecule has 17 heavy (non-hydrogen) atoms. The Bertz CT molecular complexity index is 294. The van der Waals surface area contributed by atoms with Crippen LogP contribution in [0.4, 0.5) is 0 Å². The monoisotopic (exact) mass is 237 g/mol. The fourth-order valence-corrected chi connectivity index (χ4v) is 3.19. The lowest BCUT2D eigenvalue weighted by Gasteiger charge is -2.35. The van der Waals surface area contributed by atoms with Crippen molar-refractivity contribution in [2.45, 2.75) is 58.4 Å². The Hall–Kier alpha value is -0.700. The van der Waals surface area contributed by atoms with Gasteiger partial charge in [0.05, 0.1) is 5.92 Å². The van der Waals surface area contributed by atoms with Gasteiger partial charge >= 0.3 is 0 Å². The summed E-state index contributed by atoms with van der Waals surface area (Å²) in [6.45, 7) is 4.98. The first-order valence-electron chi connectivity index (χ1n) is 6.78. The third kappa shape index (κ3) is 2.95. The summed E-state index contributed by atoms with van der Waals surface area (Å²) in [5.41, 5.74) is -0.130. The molecule has 3 heteroatoms. The average molecular weight is 237 g/mol. The molecule has 1 unspecified atom stereocenters. The van der Waals surface area contributed by atoms with Crippen molar-refractivity contribution in [2.24, 2.45) is 11.3 Å². The molecule has 0 spiro atoms. The number of carbonyl (C=O) groups excluding carboxylic acids is 2. The largest absolute Gasteiger partial charge is 0.313 e. The number of hydrogen-bond donors (Lipinski definition) is 1. The Morgan fingerprint density at radius 3 is 2.35 bits per heavy atom. The minimum absolute atomic E-state index is 0.105. The molecule has 2 rings (SSSR count). The number of rotatable bonds is 1. The topological polar surface area (TPSA) is 46.2 Å². The fourth-order valence-electron chi connectivity index (χ4n) is 3.19. The lowest BCUT2D eigenvalue weighted by atomic mass is 9.69. The van der Waals surface area contributed by atoms with Crippen molar-refractivity contribution < 1.29 is 9.59 Å². The Kier molecular flexibility index (Phi) is 3.67. The van der Waals surface area contributed by atoms with Crippen molar-refractivity contribution in [1.82, 2.24) is 5.32 Å². The number of hydrogen-bond acceptors (Lipinski definition) is 3. The first kappa shape index (κ1) is 12.7. The Balaban J connectivity index is 2.09. The van der Waals surface area contributed by atoms with Crippen LogP contribution in [0.5, 0.6) is 0 Å². The van der Waals surface area contributed by atoms with Crippen LogP contribution in [0.3, 0.4) is 0 Å². The van der Waals surface area contributed by atoms with Crippen molar-refractivity contribution in [1.29, 1.82) is 0 Å². The lowest BCUT2D eigenvalue weighted by Crippen LogP contribution is -2.48. The zero-order chi connectivity index (χ0) is 12.5. The maximum Gasteiger partial charge on any atom is 0.145 e. The van der Waals surface area contributed by atoms with E-state index in [0.29, 0.717) is 12.8 Å². The summed E-state index contributed by atoms with van der Waals surface area (Å²) in [6, 6.07) is 0.105. The van der Waals surface area contributed by atoms with Gasteiger partial charge in [-0.15, -0.1) is 0 Å². The second-order valence-corrected chi connectivity index (χ2v) is 6.34. The molecule has 0 aromatic carbocycles. The molecule has 0 aromatic rings. The molecule has 1 N–H and O–H groups in total. The summed E-state index contributed by atoms with van der Waals surface area (Å²) in [5.74, 6) is -0.0441. The molecule has 0 aromatic heterocycles. The second-order valence-electron chi connectivity index (χ2n) is 6.34. The third-order valence-electron chi connectivity index (χ3n) is 4.00. The summed E-state index contributed by atoms with van der Waals surface area (Å²) in [7, 11) is 0. The van der Waals surface area contributed by atoms with Gasteiger partial charge in [0.15, 0.2) is 0 Å². The zero-order valence-electron chi connectivity index (χ0n) is 10.9. The molecule has 2 fully saturated rings. The minimum atomic E-state index is -0.360. The fraction of sp³-hybridized carbons (Fsp3) is 0.857.